The first-order valence-electron chi connectivity index (χ1n) is 11.3. The quantitative estimate of drug-likeness (QED) is 0.692. The molecule has 2 unspecified atom stereocenters. The molecule has 0 amide bonds. The molecule has 152 valence electrons. The number of rotatable bonds is 8. The van der Waals surface area contributed by atoms with Crippen molar-refractivity contribution >= 4 is 0 Å². The van der Waals surface area contributed by atoms with Crippen LogP contribution in [0.1, 0.15) is 64.7 Å². The first-order valence-corrected chi connectivity index (χ1v) is 11.3. The molecule has 3 fully saturated rings. The summed E-state index contributed by atoms with van der Waals surface area (Å²) < 4.78 is 5.50. The molecule has 0 aromatic rings. The number of aliphatic hydroxyl groups excluding tert-OH is 1. The highest BCUT2D eigenvalue weighted by Crippen LogP contribution is 2.34. The van der Waals surface area contributed by atoms with E-state index in [0.717, 1.165) is 43.7 Å². The van der Waals surface area contributed by atoms with Gasteiger partial charge < -0.3 is 15.2 Å². The van der Waals surface area contributed by atoms with Crippen molar-refractivity contribution in [2.45, 2.75) is 76.9 Å². The highest BCUT2D eigenvalue weighted by molar-refractivity contribution is 4.90. The molecule has 0 radical (unpaired) electrons. The summed E-state index contributed by atoms with van der Waals surface area (Å²) in [6, 6.07) is 0.505. The summed E-state index contributed by atoms with van der Waals surface area (Å²) in [5, 5.41) is 14.3. The third-order valence-electron chi connectivity index (χ3n) is 7.42. The second-order valence-electron chi connectivity index (χ2n) is 9.52. The van der Waals surface area contributed by atoms with Gasteiger partial charge in [0.25, 0.3) is 0 Å². The van der Waals surface area contributed by atoms with Gasteiger partial charge in [0, 0.05) is 26.2 Å². The fraction of sp³-hybridized carbons (Fsp3) is 1.00. The van der Waals surface area contributed by atoms with Gasteiger partial charge in [-0.2, -0.15) is 0 Å². The zero-order valence-corrected chi connectivity index (χ0v) is 17.2. The van der Waals surface area contributed by atoms with Crippen molar-refractivity contribution in [3.63, 3.8) is 0 Å². The Morgan fingerprint density at radius 1 is 1.08 bits per heavy atom. The van der Waals surface area contributed by atoms with Crippen molar-refractivity contribution < 1.29 is 9.84 Å². The lowest BCUT2D eigenvalue weighted by Gasteiger charge is -2.31. The molecular weight excluding hydrogens is 324 g/mol. The number of ether oxygens (including phenoxy) is 1. The largest absolute Gasteiger partial charge is 0.393 e. The van der Waals surface area contributed by atoms with Crippen LogP contribution in [0.15, 0.2) is 0 Å². The molecule has 3 rings (SSSR count). The van der Waals surface area contributed by atoms with E-state index in [9.17, 15) is 5.11 Å². The summed E-state index contributed by atoms with van der Waals surface area (Å²) in [7, 11) is 1.82. The predicted octanol–water partition coefficient (Wildman–Crippen LogP) is 3.29. The van der Waals surface area contributed by atoms with Gasteiger partial charge in [-0.1, -0.05) is 32.6 Å². The van der Waals surface area contributed by atoms with E-state index in [4.69, 9.17) is 4.74 Å². The van der Waals surface area contributed by atoms with Crippen LogP contribution in [0.4, 0.5) is 0 Å². The van der Waals surface area contributed by atoms with Gasteiger partial charge in [-0.15, -0.1) is 0 Å². The molecule has 2 aliphatic heterocycles. The minimum atomic E-state index is -0.119. The van der Waals surface area contributed by atoms with Crippen LogP contribution in [-0.2, 0) is 4.74 Å². The van der Waals surface area contributed by atoms with Crippen molar-refractivity contribution in [2.75, 3.05) is 39.9 Å². The highest BCUT2D eigenvalue weighted by Gasteiger charge is 2.37. The number of methoxy groups -OCH3 is 1. The van der Waals surface area contributed by atoms with Crippen LogP contribution in [0.2, 0.25) is 0 Å². The highest BCUT2D eigenvalue weighted by atomic mass is 16.5. The standard InChI is InChI=1S/C22H42N2O2/c1-17-3-5-18(6-4-17)7-8-22(25)20-13-21(16-26-2)24(15-20)14-19-9-11-23-12-10-19/h17-23,25H,3-16H2,1-2H3/t17?,18?,20?,21-,22?/m0/s1. The van der Waals surface area contributed by atoms with Gasteiger partial charge in [-0.05, 0) is 68.9 Å². The fourth-order valence-electron chi connectivity index (χ4n) is 5.55. The molecule has 4 nitrogen and oxygen atoms in total. The first-order chi connectivity index (χ1) is 12.7. The molecule has 3 aliphatic rings. The Balaban J connectivity index is 1.44. The molecule has 1 saturated carbocycles. The second kappa shape index (κ2) is 10.4. The second-order valence-corrected chi connectivity index (χ2v) is 9.52. The van der Waals surface area contributed by atoms with Crippen molar-refractivity contribution in [3.8, 4) is 0 Å². The number of hydrogen-bond donors (Lipinski definition) is 2. The summed E-state index contributed by atoms with van der Waals surface area (Å²) in [6.07, 6.45) is 11.4. The fourth-order valence-corrected chi connectivity index (χ4v) is 5.55. The number of likely N-dealkylation sites (tertiary alicyclic amines) is 1. The van der Waals surface area contributed by atoms with E-state index in [1.807, 2.05) is 7.11 Å². The Morgan fingerprint density at radius 3 is 2.50 bits per heavy atom. The molecule has 1 aliphatic carbocycles. The van der Waals surface area contributed by atoms with Gasteiger partial charge in [-0.25, -0.2) is 0 Å². The van der Waals surface area contributed by atoms with E-state index in [2.05, 4.69) is 17.1 Å². The minimum absolute atomic E-state index is 0.119. The van der Waals surface area contributed by atoms with Gasteiger partial charge >= 0.3 is 0 Å². The lowest BCUT2D eigenvalue weighted by atomic mass is 9.80. The average Bonchev–Trinajstić information content (AvgIpc) is 3.05. The lowest BCUT2D eigenvalue weighted by Crippen LogP contribution is -2.40. The Kier molecular flexibility index (Phi) is 8.23. The van der Waals surface area contributed by atoms with Crippen LogP contribution in [0.5, 0.6) is 0 Å². The monoisotopic (exact) mass is 366 g/mol. The van der Waals surface area contributed by atoms with Crippen LogP contribution < -0.4 is 5.32 Å². The molecule has 2 heterocycles. The average molecular weight is 367 g/mol. The molecular formula is C22H42N2O2. The maximum Gasteiger partial charge on any atom is 0.0618 e. The number of hydrogen-bond acceptors (Lipinski definition) is 4. The van der Waals surface area contributed by atoms with Crippen LogP contribution in [0, 0.1) is 23.7 Å². The van der Waals surface area contributed by atoms with Crippen molar-refractivity contribution in [1.29, 1.82) is 0 Å². The first kappa shape index (κ1) is 20.6. The molecule has 0 bridgehead atoms. The molecule has 0 aromatic carbocycles. The van der Waals surface area contributed by atoms with Crippen molar-refractivity contribution in [3.05, 3.63) is 0 Å². The summed E-state index contributed by atoms with van der Waals surface area (Å²) >= 11 is 0. The van der Waals surface area contributed by atoms with E-state index >= 15 is 0 Å². The van der Waals surface area contributed by atoms with E-state index in [0.29, 0.717) is 12.0 Å². The molecule has 2 N–H and O–H groups in total. The maximum atomic E-state index is 10.9. The normalized spacial score (nSPS) is 35.7. The van der Waals surface area contributed by atoms with E-state index in [-0.39, 0.29) is 6.10 Å². The third-order valence-corrected chi connectivity index (χ3v) is 7.42. The van der Waals surface area contributed by atoms with Crippen LogP contribution >= 0.6 is 0 Å². The van der Waals surface area contributed by atoms with Gasteiger partial charge in [0.1, 0.15) is 0 Å². The van der Waals surface area contributed by atoms with Crippen molar-refractivity contribution in [1.82, 2.24) is 10.2 Å². The van der Waals surface area contributed by atoms with E-state index in [1.54, 1.807) is 0 Å². The van der Waals surface area contributed by atoms with Crippen LogP contribution in [-0.4, -0.2) is 62.0 Å². The number of nitrogens with zero attached hydrogens (tertiary/aromatic N) is 1. The molecule has 26 heavy (non-hydrogen) atoms. The SMILES string of the molecule is COC[C@@H]1CC(C(O)CCC2CCC(C)CC2)CN1CC1CCNCC1. The van der Waals surface area contributed by atoms with Gasteiger partial charge in [-0.3, -0.25) is 4.90 Å². The summed E-state index contributed by atoms with van der Waals surface area (Å²) in [5.74, 6) is 3.04. The minimum Gasteiger partial charge on any atom is -0.393 e. The summed E-state index contributed by atoms with van der Waals surface area (Å²) in [4.78, 5) is 2.63. The molecule has 3 atom stereocenters. The Labute approximate surface area is 161 Å². The van der Waals surface area contributed by atoms with E-state index < -0.39 is 0 Å². The summed E-state index contributed by atoms with van der Waals surface area (Å²) in [6.45, 7) is 7.80. The number of nitrogens with one attached hydrogen (secondary N) is 1. The Hall–Kier alpha value is -0.160. The van der Waals surface area contributed by atoms with E-state index in [1.165, 1.54) is 64.6 Å². The Bertz CT molecular complexity index is 392. The predicted molar refractivity (Wildman–Crippen MR) is 107 cm³/mol. The summed E-state index contributed by atoms with van der Waals surface area (Å²) in [5.41, 5.74) is 0. The molecule has 0 spiro atoms. The number of aliphatic hydroxyl groups is 1. The maximum absolute atomic E-state index is 10.9. The van der Waals surface area contributed by atoms with Crippen molar-refractivity contribution in [2.24, 2.45) is 23.7 Å². The zero-order valence-electron chi connectivity index (χ0n) is 17.2. The Morgan fingerprint density at radius 2 is 1.81 bits per heavy atom. The van der Waals surface area contributed by atoms with Gasteiger partial charge in [0.15, 0.2) is 0 Å². The third kappa shape index (κ3) is 5.92. The topological polar surface area (TPSA) is 44.7 Å². The zero-order chi connectivity index (χ0) is 18.4. The van der Waals surface area contributed by atoms with Crippen LogP contribution in [0.3, 0.4) is 0 Å². The lowest BCUT2D eigenvalue weighted by molar-refractivity contribution is 0.0876. The number of piperidine rings is 1. The van der Waals surface area contributed by atoms with Gasteiger partial charge in [0.05, 0.1) is 12.7 Å². The van der Waals surface area contributed by atoms with Gasteiger partial charge in [0.2, 0.25) is 0 Å². The molecule has 0 aromatic heterocycles. The molecule has 4 heteroatoms. The van der Waals surface area contributed by atoms with Crippen LogP contribution in [0.25, 0.3) is 0 Å². The smallest absolute Gasteiger partial charge is 0.0618 e. The molecule has 2 saturated heterocycles.